The first-order chi connectivity index (χ1) is 7.09. The number of benzene rings is 1. The molecule has 0 radical (unpaired) electrons. The maximum absolute atomic E-state index is 11.2. The summed E-state index contributed by atoms with van der Waals surface area (Å²) < 4.78 is 0. The average molecular weight is 202 g/mol. The van der Waals surface area contributed by atoms with Crippen molar-refractivity contribution in [1.82, 2.24) is 5.43 Å². The highest BCUT2D eigenvalue weighted by atomic mass is 16.2. The van der Waals surface area contributed by atoms with Crippen molar-refractivity contribution < 1.29 is 4.79 Å². The van der Waals surface area contributed by atoms with Crippen LogP contribution in [0.5, 0.6) is 0 Å². The van der Waals surface area contributed by atoms with Gasteiger partial charge in [-0.2, -0.15) is 5.10 Å². The second-order valence-corrected chi connectivity index (χ2v) is 4.42. The third-order valence-corrected chi connectivity index (χ3v) is 2.58. The second kappa shape index (κ2) is 3.50. The Morgan fingerprint density at radius 2 is 1.93 bits per heavy atom. The van der Waals surface area contributed by atoms with E-state index in [1.54, 1.807) is 0 Å². The molecule has 1 aliphatic heterocycles. The Bertz CT molecular complexity index is 407. The molecule has 0 aliphatic carbocycles. The van der Waals surface area contributed by atoms with Crippen LogP contribution in [0.2, 0.25) is 0 Å². The molecule has 3 heteroatoms. The van der Waals surface area contributed by atoms with Crippen LogP contribution in [0.1, 0.15) is 25.8 Å². The zero-order valence-corrected chi connectivity index (χ0v) is 8.95. The van der Waals surface area contributed by atoms with Gasteiger partial charge in [-0.1, -0.05) is 44.2 Å². The summed E-state index contributed by atoms with van der Waals surface area (Å²) in [5.74, 6) is -0.0142. The molecular weight excluding hydrogens is 188 g/mol. The molecule has 3 nitrogen and oxygen atoms in total. The largest absolute Gasteiger partial charge is 0.273 e. The Labute approximate surface area is 89.2 Å². The minimum Gasteiger partial charge on any atom is -0.273 e. The van der Waals surface area contributed by atoms with E-state index in [4.69, 9.17) is 0 Å². The number of nitrogens with one attached hydrogen (secondary N) is 1. The molecule has 1 heterocycles. The van der Waals surface area contributed by atoms with E-state index >= 15 is 0 Å². The molecule has 0 spiro atoms. The van der Waals surface area contributed by atoms with Crippen LogP contribution in [0.15, 0.2) is 35.4 Å². The lowest BCUT2D eigenvalue weighted by Gasteiger charge is -2.29. The van der Waals surface area contributed by atoms with E-state index in [-0.39, 0.29) is 11.3 Å². The second-order valence-electron chi connectivity index (χ2n) is 4.42. The third kappa shape index (κ3) is 1.91. The number of carbonyl (C=O) groups is 1. The number of hydrogen-bond acceptors (Lipinski definition) is 2. The van der Waals surface area contributed by atoms with Crippen molar-refractivity contribution in [1.29, 1.82) is 0 Å². The van der Waals surface area contributed by atoms with E-state index < -0.39 is 0 Å². The predicted molar refractivity (Wildman–Crippen MR) is 59.5 cm³/mol. The molecule has 1 amide bonds. The highest BCUT2D eigenvalue weighted by molar-refractivity contribution is 6.07. The predicted octanol–water partition coefficient (Wildman–Crippen LogP) is 1.94. The molecule has 0 atom stereocenters. The molecule has 2 rings (SSSR count). The number of hydrogen-bond donors (Lipinski definition) is 1. The fraction of sp³-hybridized carbons (Fsp3) is 0.333. The Morgan fingerprint density at radius 1 is 1.27 bits per heavy atom. The highest BCUT2D eigenvalue weighted by Gasteiger charge is 2.32. The minimum atomic E-state index is -0.191. The normalized spacial score (nSPS) is 19.3. The van der Waals surface area contributed by atoms with E-state index in [0.29, 0.717) is 6.42 Å². The van der Waals surface area contributed by atoms with Crippen LogP contribution in [0.4, 0.5) is 0 Å². The summed E-state index contributed by atoms with van der Waals surface area (Å²) in [7, 11) is 0. The first-order valence-corrected chi connectivity index (χ1v) is 5.02. The van der Waals surface area contributed by atoms with E-state index in [0.717, 1.165) is 11.3 Å². The molecule has 1 aromatic rings. The van der Waals surface area contributed by atoms with Gasteiger partial charge in [-0.05, 0) is 5.56 Å². The van der Waals surface area contributed by atoms with Gasteiger partial charge in [0.2, 0.25) is 5.91 Å². The lowest BCUT2D eigenvalue weighted by molar-refractivity contribution is -0.122. The summed E-state index contributed by atoms with van der Waals surface area (Å²) in [5, 5.41) is 4.15. The quantitative estimate of drug-likeness (QED) is 0.742. The van der Waals surface area contributed by atoms with Crippen LogP contribution in [-0.4, -0.2) is 11.6 Å². The molecule has 0 saturated heterocycles. The van der Waals surface area contributed by atoms with Crippen LogP contribution in [0.3, 0.4) is 0 Å². The van der Waals surface area contributed by atoms with E-state index in [1.807, 2.05) is 44.2 Å². The summed E-state index contributed by atoms with van der Waals surface area (Å²) in [6.07, 6.45) is 0.487. The molecule has 0 unspecified atom stereocenters. The lowest BCUT2D eigenvalue weighted by atomic mass is 9.79. The van der Waals surface area contributed by atoms with Gasteiger partial charge in [0, 0.05) is 11.8 Å². The molecule has 0 fully saturated rings. The topological polar surface area (TPSA) is 41.5 Å². The van der Waals surface area contributed by atoms with Crippen molar-refractivity contribution in [2.45, 2.75) is 20.3 Å². The average Bonchev–Trinajstić information content (AvgIpc) is 2.17. The Morgan fingerprint density at radius 3 is 2.53 bits per heavy atom. The summed E-state index contributed by atoms with van der Waals surface area (Å²) in [5.41, 5.74) is 4.36. The van der Waals surface area contributed by atoms with Crippen LogP contribution >= 0.6 is 0 Å². The van der Waals surface area contributed by atoms with Crippen molar-refractivity contribution in [2.24, 2.45) is 10.5 Å². The number of amides is 1. The zero-order chi connectivity index (χ0) is 10.9. The Kier molecular flexibility index (Phi) is 2.31. The molecule has 15 heavy (non-hydrogen) atoms. The van der Waals surface area contributed by atoms with Crippen LogP contribution in [0.25, 0.3) is 0 Å². The van der Waals surface area contributed by atoms with Gasteiger partial charge in [0.15, 0.2) is 0 Å². The van der Waals surface area contributed by atoms with Gasteiger partial charge in [-0.3, -0.25) is 4.79 Å². The van der Waals surface area contributed by atoms with Crippen LogP contribution < -0.4 is 5.43 Å². The van der Waals surface area contributed by atoms with E-state index in [2.05, 4.69) is 10.5 Å². The zero-order valence-electron chi connectivity index (χ0n) is 8.95. The fourth-order valence-electron chi connectivity index (χ4n) is 1.85. The van der Waals surface area contributed by atoms with E-state index in [9.17, 15) is 4.79 Å². The van der Waals surface area contributed by atoms with Gasteiger partial charge in [0.25, 0.3) is 0 Å². The number of hydrazone groups is 1. The molecule has 1 aromatic carbocycles. The molecule has 0 aromatic heterocycles. The van der Waals surface area contributed by atoms with Crippen LogP contribution in [-0.2, 0) is 4.79 Å². The first-order valence-electron chi connectivity index (χ1n) is 5.02. The molecular formula is C12H14N2O. The number of carbonyl (C=O) groups excluding carboxylic acids is 1. The first kappa shape index (κ1) is 9.90. The van der Waals surface area contributed by atoms with Gasteiger partial charge in [-0.15, -0.1) is 0 Å². The SMILES string of the molecule is CC1(C)CC(=O)NN=C1c1ccccc1. The highest BCUT2D eigenvalue weighted by Crippen LogP contribution is 2.28. The third-order valence-electron chi connectivity index (χ3n) is 2.58. The smallest absolute Gasteiger partial charge is 0.241 e. The molecule has 0 saturated carbocycles. The van der Waals surface area contributed by atoms with Gasteiger partial charge in [0.1, 0.15) is 0 Å². The van der Waals surface area contributed by atoms with Crippen molar-refractivity contribution in [3.63, 3.8) is 0 Å². The summed E-state index contributed by atoms with van der Waals surface area (Å²) in [4.78, 5) is 11.2. The van der Waals surface area contributed by atoms with E-state index in [1.165, 1.54) is 0 Å². The lowest BCUT2D eigenvalue weighted by Crippen LogP contribution is -2.39. The molecule has 0 bridgehead atoms. The van der Waals surface area contributed by atoms with Crippen molar-refractivity contribution in [2.75, 3.05) is 0 Å². The Hall–Kier alpha value is -1.64. The minimum absolute atomic E-state index is 0.0142. The van der Waals surface area contributed by atoms with Gasteiger partial charge < -0.3 is 0 Å². The molecule has 78 valence electrons. The van der Waals surface area contributed by atoms with Crippen LogP contribution in [0, 0.1) is 5.41 Å². The summed E-state index contributed by atoms with van der Waals surface area (Å²) >= 11 is 0. The monoisotopic (exact) mass is 202 g/mol. The standard InChI is InChI=1S/C12H14N2O/c1-12(2)8-10(15)13-14-11(12)9-6-4-3-5-7-9/h3-7H,8H2,1-2H3,(H,13,15). The maximum atomic E-state index is 11.2. The van der Waals surface area contributed by atoms with Crippen molar-refractivity contribution >= 4 is 11.6 Å². The molecule has 1 N–H and O–H groups in total. The number of nitrogens with zero attached hydrogens (tertiary/aromatic N) is 1. The van der Waals surface area contributed by atoms with Gasteiger partial charge in [-0.25, -0.2) is 5.43 Å². The fourth-order valence-corrected chi connectivity index (χ4v) is 1.85. The number of rotatable bonds is 1. The molecule has 1 aliphatic rings. The summed E-state index contributed by atoms with van der Waals surface area (Å²) in [6, 6.07) is 9.95. The van der Waals surface area contributed by atoms with Gasteiger partial charge >= 0.3 is 0 Å². The van der Waals surface area contributed by atoms with Crippen molar-refractivity contribution in [3.05, 3.63) is 35.9 Å². The summed E-state index contributed by atoms with van der Waals surface area (Å²) in [6.45, 7) is 4.08. The maximum Gasteiger partial charge on any atom is 0.241 e. The van der Waals surface area contributed by atoms with Crippen molar-refractivity contribution in [3.8, 4) is 0 Å². The Balaban J connectivity index is 2.41. The van der Waals surface area contributed by atoms with Gasteiger partial charge in [0.05, 0.1) is 5.71 Å².